The Labute approximate surface area is 190 Å². The zero-order valence-corrected chi connectivity index (χ0v) is 18.4. The van der Waals surface area contributed by atoms with Crippen LogP contribution in [0.3, 0.4) is 0 Å². The number of alkyl halides is 3. The van der Waals surface area contributed by atoms with E-state index in [0.29, 0.717) is 27.5 Å². The van der Waals surface area contributed by atoms with Gasteiger partial charge in [0.25, 0.3) is 5.91 Å². The van der Waals surface area contributed by atoms with Gasteiger partial charge in [-0.05, 0) is 25.1 Å². The molecule has 34 heavy (non-hydrogen) atoms. The number of nitrogen functional groups attached to an aromatic ring is 1. The second-order valence-corrected chi connectivity index (χ2v) is 8.27. The minimum atomic E-state index is -4.51. The molecule has 1 aliphatic rings. The predicted octanol–water partition coefficient (Wildman–Crippen LogP) is 4.38. The van der Waals surface area contributed by atoms with Crippen molar-refractivity contribution in [3.8, 4) is 5.75 Å². The average molecular weight is 473 g/mol. The molecule has 1 atom stereocenters. The molecule has 0 saturated heterocycles. The Bertz CT molecular complexity index is 1500. The number of aromatic nitrogens is 3. The largest absolute Gasteiger partial charge is 0.491 e. The highest BCUT2D eigenvalue weighted by Gasteiger charge is 2.36. The number of amides is 1. The van der Waals surface area contributed by atoms with Crippen LogP contribution in [0.4, 0.5) is 23.4 Å². The standard InChI is InChI=1S/C23H19F4N5O2/c1-10-19-20(32(3)30-10)14-7-13(15(24)8-16(14)29-21(19)28)22(33)31(2)17-9-34-18-6-11(23(25,26)27)4-5-12(17)18/h4-8,17H,9H2,1-3H3,(H2,28,29)/t17-/m1/s1. The number of hydrogen-bond acceptors (Lipinski definition) is 5. The van der Waals surface area contributed by atoms with Crippen LogP contribution in [-0.4, -0.2) is 39.2 Å². The molecule has 0 aliphatic carbocycles. The number of ether oxygens (including phenoxy) is 1. The molecule has 0 fully saturated rings. The first-order chi connectivity index (χ1) is 16.0. The summed E-state index contributed by atoms with van der Waals surface area (Å²) in [5, 5.41) is 5.48. The molecule has 2 aromatic carbocycles. The maximum absolute atomic E-state index is 15.0. The molecule has 176 valence electrons. The Morgan fingerprint density at radius 3 is 2.71 bits per heavy atom. The number of rotatable bonds is 2. The van der Waals surface area contributed by atoms with E-state index < -0.39 is 29.5 Å². The van der Waals surface area contributed by atoms with Gasteiger partial charge in [-0.2, -0.15) is 18.3 Å². The number of pyridine rings is 1. The maximum atomic E-state index is 15.0. The molecular formula is C23H19F4N5O2. The number of benzene rings is 2. The van der Waals surface area contributed by atoms with E-state index in [1.807, 2.05) is 0 Å². The van der Waals surface area contributed by atoms with Crippen LogP contribution in [0.25, 0.3) is 21.8 Å². The van der Waals surface area contributed by atoms with Crippen LogP contribution >= 0.6 is 0 Å². The van der Waals surface area contributed by atoms with Crippen LogP contribution in [0.2, 0.25) is 0 Å². The van der Waals surface area contributed by atoms with Gasteiger partial charge < -0.3 is 15.4 Å². The molecule has 7 nitrogen and oxygen atoms in total. The summed E-state index contributed by atoms with van der Waals surface area (Å²) in [4.78, 5) is 18.8. The van der Waals surface area contributed by atoms with Crippen LogP contribution in [0.5, 0.6) is 5.75 Å². The molecule has 11 heteroatoms. The van der Waals surface area contributed by atoms with Crippen LogP contribution in [-0.2, 0) is 13.2 Å². The third-order valence-corrected chi connectivity index (χ3v) is 6.17. The number of nitrogens with zero attached hydrogens (tertiary/aromatic N) is 4. The number of carbonyl (C=O) groups is 1. The Morgan fingerprint density at radius 2 is 2.00 bits per heavy atom. The van der Waals surface area contributed by atoms with Gasteiger partial charge in [-0.1, -0.05) is 6.07 Å². The molecule has 5 rings (SSSR count). The zero-order chi connectivity index (χ0) is 24.5. The third-order valence-electron chi connectivity index (χ3n) is 6.17. The Kier molecular flexibility index (Phi) is 4.71. The maximum Gasteiger partial charge on any atom is 0.416 e. The third kappa shape index (κ3) is 3.22. The van der Waals surface area contributed by atoms with Gasteiger partial charge in [0, 0.05) is 31.1 Å². The molecule has 3 heterocycles. The van der Waals surface area contributed by atoms with E-state index in [1.165, 1.54) is 24.1 Å². The summed E-state index contributed by atoms with van der Waals surface area (Å²) >= 11 is 0. The highest BCUT2D eigenvalue weighted by molar-refractivity contribution is 6.11. The molecule has 1 amide bonds. The summed E-state index contributed by atoms with van der Waals surface area (Å²) in [5.41, 5.74) is 6.97. The molecule has 0 bridgehead atoms. The second kappa shape index (κ2) is 7.31. The molecule has 0 saturated carbocycles. The average Bonchev–Trinajstić information content (AvgIpc) is 3.32. The first-order valence-electron chi connectivity index (χ1n) is 10.3. The Balaban J connectivity index is 1.56. The van der Waals surface area contributed by atoms with E-state index >= 15 is 4.39 Å². The van der Waals surface area contributed by atoms with E-state index in [0.717, 1.165) is 18.2 Å². The van der Waals surface area contributed by atoms with Gasteiger partial charge in [-0.25, -0.2) is 9.37 Å². The minimum absolute atomic E-state index is 0.0443. The van der Waals surface area contributed by atoms with Gasteiger partial charge >= 0.3 is 6.18 Å². The van der Waals surface area contributed by atoms with Gasteiger partial charge in [0.1, 0.15) is 24.0 Å². The quantitative estimate of drug-likeness (QED) is 0.437. The molecule has 4 aromatic rings. The number of halogens is 4. The van der Waals surface area contributed by atoms with Crippen molar-refractivity contribution in [3.63, 3.8) is 0 Å². The smallest absolute Gasteiger partial charge is 0.416 e. The lowest BCUT2D eigenvalue weighted by atomic mass is 10.0. The van der Waals surface area contributed by atoms with Crippen molar-refractivity contribution in [3.05, 3.63) is 58.5 Å². The van der Waals surface area contributed by atoms with Crippen molar-refractivity contribution < 1.29 is 27.1 Å². The monoisotopic (exact) mass is 473 g/mol. The lowest BCUT2D eigenvalue weighted by Gasteiger charge is -2.24. The van der Waals surface area contributed by atoms with Crippen LogP contribution in [0, 0.1) is 12.7 Å². The molecule has 2 aromatic heterocycles. The Morgan fingerprint density at radius 1 is 1.26 bits per heavy atom. The van der Waals surface area contributed by atoms with Crippen LogP contribution in [0.1, 0.15) is 33.2 Å². The number of hydrogen-bond donors (Lipinski definition) is 1. The normalized spacial score (nSPS) is 15.6. The number of likely N-dealkylation sites (N-methyl/N-ethyl adjacent to an activating group) is 1. The number of carbonyl (C=O) groups excluding carboxylic acids is 1. The summed E-state index contributed by atoms with van der Waals surface area (Å²) in [6.45, 7) is 1.73. The minimum Gasteiger partial charge on any atom is -0.491 e. The van der Waals surface area contributed by atoms with Gasteiger partial charge in [-0.15, -0.1) is 0 Å². The molecular weight excluding hydrogens is 454 g/mol. The van der Waals surface area contributed by atoms with Gasteiger partial charge in [0.2, 0.25) is 0 Å². The SMILES string of the molecule is Cc1nn(C)c2c1c(N)nc1cc(F)c(C(=O)N(C)[C@@H]3COc4cc(C(F)(F)F)ccc43)cc12. The lowest BCUT2D eigenvalue weighted by Crippen LogP contribution is -2.32. The molecule has 2 N–H and O–H groups in total. The number of aryl methyl sites for hydroxylation is 2. The number of nitrogens with two attached hydrogens (primary N) is 1. The van der Waals surface area contributed by atoms with E-state index in [9.17, 15) is 18.0 Å². The number of anilines is 1. The van der Waals surface area contributed by atoms with Crippen molar-refractivity contribution in [2.24, 2.45) is 7.05 Å². The summed E-state index contributed by atoms with van der Waals surface area (Å²) in [6.07, 6.45) is -4.51. The van der Waals surface area contributed by atoms with Crippen molar-refractivity contribution in [1.29, 1.82) is 0 Å². The number of fused-ring (bicyclic) bond motifs is 4. The van der Waals surface area contributed by atoms with Crippen molar-refractivity contribution in [2.45, 2.75) is 19.1 Å². The first kappa shape index (κ1) is 21.9. The summed E-state index contributed by atoms with van der Waals surface area (Å²) in [5.74, 6) is -1.18. The molecule has 1 aliphatic heterocycles. The fourth-order valence-corrected chi connectivity index (χ4v) is 4.49. The lowest BCUT2D eigenvalue weighted by molar-refractivity contribution is -0.137. The van der Waals surface area contributed by atoms with E-state index in [4.69, 9.17) is 10.5 Å². The van der Waals surface area contributed by atoms with Crippen LogP contribution in [0.15, 0.2) is 30.3 Å². The second-order valence-electron chi connectivity index (χ2n) is 8.27. The summed E-state index contributed by atoms with van der Waals surface area (Å²) in [6, 6.07) is 5.00. The molecule has 0 radical (unpaired) electrons. The Hall–Kier alpha value is -3.89. The van der Waals surface area contributed by atoms with Crippen molar-refractivity contribution in [1.82, 2.24) is 19.7 Å². The highest BCUT2D eigenvalue weighted by atomic mass is 19.4. The van der Waals surface area contributed by atoms with E-state index in [1.54, 1.807) is 18.7 Å². The van der Waals surface area contributed by atoms with Crippen LogP contribution < -0.4 is 10.5 Å². The first-order valence-corrected chi connectivity index (χ1v) is 10.3. The fourth-order valence-electron chi connectivity index (χ4n) is 4.49. The highest BCUT2D eigenvalue weighted by Crippen LogP contribution is 2.41. The molecule has 0 spiro atoms. The van der Waals surface area contributed by atoms with Gasteiger partial charge in [0.15, 0.2) is 0 Å². The fraction of sp³-hybridized carbons (Fsp3) is 0.261. The van der Waals surface area contributed by atoms with Gasteiger partial charge in [0.05, 0.1) is 39.3 Å². The zero-order valence-electron chi connectivity index (χ0n) is 18.4. The van der Waals surface area contributed by atoms with Gasteiger partial charge in [-0.3, -0.25) is 9.48 Å². The topological polar surface area (TPSA) is 86.3 Å². The van der Waals surface area contributed by atoms with E-state index in [2.05, 4.69) is 10.1 Å². The summed E-state index contributed by atoms with van der Waals surface area (Å²) < 4.78 is 61.1. The predicted molar refractivity (Wildman–Crippen MR) is 117 cm³/mol. The summed E-state index contributed by atoms with van der Waals surface area (Å²) in [7, 11) is 3.17. The van der Waals surface area contributed by atoms with Crippen molar-refractivity contribution >= 4 is 33.5 Å². The van der Waals surface area contributed by atoms with Crippen molar-refractivity contribution in [2.75, 3.05) is 19.4 Å². The van der Waals surface area contributed by atoms with E-state index in [-0.39, 0.29) is 29.3 Å². The molecule has 0 unspecified atom stereocenters.